The van der Waals surface area contributed by atoms with Crippen LogP contribution in [0.2, 0.25) is 0 Å². The molecule has 170 valence electrons. The van der Waals surface area contributed by atoms with Gasteiger partial charge in [0, 0.05) is 12.1 Å². The Kier molecular flexibility index (Phi) is 5.44. The van der Waals surface area contributed by atoms with Gasteiger partial charge >= 0.3 is 0 Å². The van der Waals surface area contributed by atoms with E-state index in [2.05, 4.69) is 5.32 Å². The number of rotatable bonds is 6. The highest BCUT2D eigenvalue weighted by atomic mass is 32.2. The molecule has 1 aliphatic heterocycles. The van der Waals surface area contributed by atoms with Crippen LogP contribution in [0, 0.1) is 17.7 Å². The van der Waals surface area contributed by atoms with Crippen LogP contribution in [0.15, 0.2) is 47.4 Å². The van der Waals surface area contributed by atoms with Gasteiger partial charge in [0.2, 0.25) is 5.91 Å². The molecule has 0 radical (unpaired) electrons. The molecule has 0 unspecified atom stereocenters. The minimum absolute atomic E-state index is 0.0289. The minimum Gasteiger partial charge on any atom is -0.486 e. The molecule has 2 saturated carbocycles. The maximum absolute atomic E-state index is 13.6. The van der Waals surface area contributed by atoms with Crippen molar-refractivity contribution in [3.05, 3.63) is 48.3 Å². The smallest absolute Gasteiger partial charge is 0.264 e. The van der Waals surface area contributed by atoms with Crippen LogP contribution < -0.4 is 19.1 Å². The standard InChI is InChI=1S/C23H25FN2O5S/c24-17-3-5-18(6-4-17)26(14-23(27)25-20-12-15-1-2-16(20)11-15)32(28,29)19-7-8-21-22(13-19)31-10-9-30-21/h3-8,13,15-16,20H,1-2,9-12,14H2,(H,25,27)/t15-,16-,20-/m0/s1. The van der Waals surface area contributed by atoms with Crippen molar-refractivity contribution in [3.8, 4) is 11.5 Å². The summed E-state index contributed by atoms with van der Waals surface area (Å²) in [4.78, 5) is 12.9. The van der Waals surface area contributed by atoms with Crippen LogP contribution in [0.5, 0.6) is 11.5 Å². The predicted molar refractivity (Wildman–Crippen MR) is 116 cm³/mol. The number of sulfonamides is 1. The molecule has 1 heterocycles. The minimum atomic E-state index is -4.12. The summed E-state index contributed by atoms with van der Waals surface area (Å²) in [5, 5.41) is 3.03. The van der Waals surface area contributed by atoms with Gasteiger partial charge in [-0.05, 0) is 67.5 Å². The quantitative estimate of drug-likeness (QED) is 0.716. The third-order valence-electron chi connectivity index (χ3n) is 6.59. The second-order valence-corrected chi connectivity index (χ2v) is 10.5. The molecular formula is C23H25FN2O5S. The highest BCUT2D eigenvalue weighted by Gasteiger charge is 2.40. The third kappa shape index (κ3) is 4.01. The fourth-order valence-electron chi connectivity index (χ4n) is 5.04. The SMILES string of the molecule is O=C(CN(c1ccc(F)cc1)S(=O)(=O)c1ccc2c(c1)OCCO2)N[C@H]1C[C@H]2CC[C@H]1C2. The molecular weight excluding hydrogens is 435 g/mol. The van der Waals surface area contributed by atoms with Crippen molar-refractivity contribution in [1.82, 2.24) is 5.32 Å². The zero-order chi connectivity index (χ0) is 22.3. The molecule has 0 saturated heterocycles. The molecule has 1 amide bonds. The lowest BCUT2D eigenvalue weighted by molar-refractivity contribution is -0.120. The maximum atomic E-state index is 13.6. The fourth-order valence-corrected chi connectivity index (χ4v) is 6.48. The molecule has 3 atom stereocenters. The summed E-state index contributed by atoms with van der Waals surface area (Å²) in [6.45, 7) is 0.324. The summed E-state index contributed by atoms with van der Waals surface area (Å²) in [7, 11) is -4.12. The second kappa shape index (κ2) is 8.27. The lowest BCUT2D eigenvalue weighted by Gasteiger charge is -2.27. The Morgan fingerprint density at radius 3 is 2.47 bits per heavy atom. The first-order chi connectivity index (χ1) is 15.4. The summed E-state index contributed by atoms with van der Waals surface area (Å²) in [6.07, 6.45) is 4.38. The molecule has 1 N–H and O–H groups in total. The summed E-state index contributed by atoms with van der Waals surface area (Å²) >= 11 is 0. The molecule has 2 fully saturated rings. The fraction of sp³-hybridized carbons (Fsp3) is 0.435. The van der Waals surface area contributed by atoms with E-state index in [1.165, 1.54) is 42.8 Å². The molecule has 7 nitrogen and oxygen atoms in total. The number of anilines is 1. The zero-order valence-electron chi connectivity index (χ0n) is 17.5. The van der Waals surface area contributed by atoms with E-state index in [-0.39, 0.29) is 22.5 Å². The van der Waals surface area contributed by atoms with Crippen LogP contribution in [0.25, 0.3) is 0 Å². The first-order valence-electron chi connectivity index (χ1n) is 10.9. The zero-order valence-corrected chi connectivity index (χ0v) is 18.3. The van der Waals surface area contributed by atoms with E-state index in [1.807, 2.05) is 0 Å². The van der Waals surface area contributed by atoms with Crippen molar-refractivity contribution in [1.29, 1.82) is 0 Å². The van der Waals surface area contributed by atoms with Crippen molar-refractivity contribution in [3.63, 3.8) is 0 Å². The largest absolute Gasteiger partial charge is 0.486 e. The van der Waals surface area contributed by atoms with Crippen molar-refractivity contribution in [2.24, 2.45) is 11.8 Å². The number of carbonyl (C=O) groups is 1. The van der Waals surface area contributed by atoms with Crippen molar-refractivity contribution in [2.45, 2.75) is 36.6 Å². The Morgan fingerprint density at radius 2 is 1.78 bits per heavy atom. The Labute approximate surface area is 186 Å². The number of fused-ring (bicyclic) bond motifs is 3. The number of amides is 1. The van der Waals surface area contributed by atoms with E-state index in [0.29, 0.717) is 36.5 Å². The van der Waals surface area contributed by atoms with Gasteiger partial charge < -0.3 is 14.8 Å². The van der Waals surface area contributed by atoms with Gasteiger partial charge in [0.1, 0.15) is 25.6 Å². The van der Waals surface area contributed by atoms with Gasteiger partial charge in [-0.15, -0.1) is 0 Å². The number of carbonyl (C=O) groups excluding carboxylic acids is 1. The van der Waals surface area contributed by atoms with Crippen LogP contribution in [0.4, 0.5) is 10.1 Å². The van der Waals surface area contributed by atoms with Gasteiger partial charge in [-0.2, -0.15) is 0 Å². The Balaban J connectivity index is 1.42. The number of benzene rings is 2. The topological polar surface area (TPSA) is 84.9 Å². The van der Waals surface area contributed by atoms with E-state index < -0.39 is 22.4 Å². The molecule has 32 heavy (non-hydrogen) atoms. The first-order valence-corrected chi connectivity index (χ1v) is 12.3. The van der Waals surface area contributed by atoms with Gasteiger partial charge in [0.05, 0.1) is 10.6 Å². The van der Waals surface area contributed by atoms with E-state index in [1.54, 1.807) is 6.07 Å². The van der Waals surface area contributed by atoms with Crippen molar-refractivity contribution < 1.29 is 27.1 Å². The highest BCUT2D eigenvalue weighted by molar-refractivity contribution is 7.92. The first kappa shape index (κ1) is 21.1. The molecule has 5 rings (SSSR count). The molecule has 3 aliphatic rings. The van der Waals surface area contributed by atoms with Crippen molar-refractivity contribution >= 4 is 21.6 Å². The van der Waals surface area contributed by atoms with Gasteiger partial charge in [-0.3, -0.25) is 9.10 Å². The van der Waals surface area contributed by atoms with Crippen LogP contribution in [0.3, 0.4) is 0 Å². The molecule has 9 heteroatoms. The average Bonchev–Trinajstić information content (AvgIpc) is 3.41. The number of halogens is 1. The monoisotopic (exact) mass is 460 g/mol. The number of ether oxygens (including phenoxy) is 2. The number of hydrogen-bond donors (Lipinski definition) is 1. The Morgan fingerprint density at radius 1 is 1.03 bits per heavy atom. The second-order valence-electron chi connectivity index (χ2n) is 8.64. The van der Waals surface area contributed by atoms with Gasteiger partial charge in [0.15, 0.2) is 11.5 Å². The maximum Gasteiger partial charge on any atom is 0.264 e. The van der Waals surface area contributed by atoms with Crippen LogP contribution >= 0.6 is 0 Å². The van der Waals surface area contributed by atoms with E-state index in [4.69, 9.17) is 9.47 Å². The lowest BCUT2D eigenvalue weighted by Crippen LogP contribution is -2.46. The molecule has 2 aliphatic carbocycles. The van der Waals surface area contributed by atoms with E-state index >= 15 is 0 Å². The van der Waals surface area contributed by atoms with Gasteiger partial charge in [0.25, 0.3) is 10.0 Å². The molecule has 2 aromatic rings. The summed E-state index contributed by atoms with van der Waals surface area (Å²) < 4.78 is 52.6. The predicted octanol–water partition coefficient (Wildman–Crippen LogP) is 3.10. The van der Waals surface area contributed by atoms with Crippen molar-refractivity contribution in [2.75, 3.05) is 24.1 Å². The Bertz CT molecular complexity index is 1120. The summed E-state index contributed by atoms with van der Waals surface area (Å²) in [5.41, 5.74) is 0.212. The average molecular weight is 461 g/mol. The number of hydrogen-bond acceptors (Lipinski definition) is 5. The van der Waals surface area contributed by atoms with E-state index in [0.717, 1.165) is 23.6 Å². The van der Waals surface area contributed by atoms with Crippen LogP contribution in [-0.2, 0) is 14.8 Å². The third-order valence-corrected chi connectivity index (χ3v) is 8.36. The molecule has 0 aromatic heterocycles. The molecule has 2 aromatic carbocycles. The van der Waals surface area contributed by atoms with Gasteiger partial charge in [-0.1, -0.05) is 6.42 Å². The Hall–Kier alpha value is -2.81. The van der Waals surface area contributed by atoms with Gasteiger partial charge in [-0.25, -0.2) is 12.8 Å². The number of nitrogens with one attached hydrogen (secondary N) is 1. The summed E-state index contributed by atoms with van der Waals surface area (Å²) in [6, 6.07) is 9.52. The highest BCUT2D eigenvalue weighted by Crippen LogP contribution is 2.44. The normalized spacial score (nSPS) is 23.7. The van der Waals surface area contributed by atoms with Crippen LogP contribution in [0.1, 0.15) is 25.7 Å². The number of nitrogens with zero attached hydrogens (tertiary/aromatic N) is 1. The van der Waals surface area contributed by atoms with E-state index in [9.17, 15) is 17.6 Å². The van der Waals surface area contributed by atoms with Crippen LogP contribution in [-0.4, -0.2) is 40.1 Å². The molecule has 2 bridgehead atoms. The summed E-state index contributed by atoms with van der Waals surface area (Å²) in [5.74, 6) is 1.07. The lowest BCUT2D eigenvalue weighted by atomic mass is 9.95. The molecule has 0 spiro atoms.